The third-order valence-electron chi connectivity index (χ3n) is 3.59. The number of hydrogen-bond donors (Lipinski definition) is 0. The molecule has 22 heavy (non-hydrogen) atoms. The van der Waals surface area contributed by atoms with Gasteiger partial charge in [-0.15, -0.1) is 0 Å². The van der Waals surface area contributed by atoms with Gasteiger partial charge in [0, 0.05) is 22.3 Å². The fourth-order valence-corrected chi connectivity index (χ4v) is 2.60. The van der Waals surface area contributed by atoms with Gasteiger partial charge in [0.2, 0.25) is 0 Å². The highest BCUT2D eigenvalue weighted by Gasteiger charge is 2.09. The van der Waals surface area contributed by atoms with Crippen molar-refractivity contribution in [3.8, 4) is 22.4 Å². The second-order valence-electron chi connectivity index (χ2n) is 5.01. The molecule has 0 fully saturated rings. The Balaban J connectivity index is 1.88. The summed E-state index contributed by atoms with van der Waals surface area (Å²) in [6, 6.07) is 19.8. The van der Waals surface area contributed by atoms with Gasteiger partial charge < -0.3 is 0 Å². The van der Waals surface area contributed by atoms with Crippen LogP contribution >= 0.6 is 11.6 Å². The van der Waals surface area contributed by atoms with E-state index < -0.39 is 0 Å². The minimum absolute atomic E-state index is 0.721. The first-order valence-corrected chi connectivity index (χ1v) is 7.35. The third-order valence-corrected chi connectivity index (χ3v) is 3.85. The maximum Gasteiger partial charge on any atom is 0.163 e. The van der Waals surface area contributed by atoms with Gasteiger partial charge >= 0.3 is 0 Å². The lowest BCUT2D eigenvalue weighted by atomic mass is 10.1. The lowest BCUT2D eigenvalue weighted by Gasteiger charge is -2.03. The normalized spacial score (nSPS) is 11.0. The van der Waals surface area contributed by atoms with Crippen molar-refractivity contribution < 1.29 is 0 Å². The topological polar surface area (TPSA) is 30.2 Å². The minimum Gasteiger partial charge on any atom is -0.228 e. The minimum atomic E-state index is 0.721. The Labute approximate surface area is 132 Å². The highest BCUT2D eigenvalue weighted by molar-refractivity contribution is 6.30. The van der Waals surface area contributed by atoms with Crippen molar-refractivity contribution in [3.05, 3.63) is 78.1 Å². The Hall–Kier alpha value is -2.65. The van der Waals surface area contributed by atoms with Crippen molar-refractivity contribution >= 4 is 17.2 Å². The zero-order valence-electron chi connectivity index (χ0n) is 11.6. The van der Waals surface area contributed by atoms with Crippen molar-refractivity contribution in [1.82, 2.24) is 14.6 Å². The first-order chi connectivity index (χ1) is 10.8. The largest absolute Gasteiger partial charge is 0.228 e. The van der Waals surface area contributed by atoms with Gasteiger partial charge in [-0.2, -0.15) is 5.10 Å². The summed E-state index contributed by atoms with van der Waals surface area (Å²) in [5, 5.41) is 5.10. The standard InChI is InChI=1S/C18H12ClN3/c19-15-8-6-14(7-9-15)17-10-11-22-18(21-17)16(12-20-22)13-4-2-1-3-5-13/h1-12H. The molecule has 2 aromatic carbocycles. The molecule has 0 N–H and O–H groups in total. The molecule has 0 aliphatic heterocycles. The van der Waals surface area contributed by atoms with Crippen LogP contribution in [0.2, 0.25) is 5.02 Å². The van der Waals surface area contributed by atoms with E-state index in [9.17, 15) is 0 Å². The molecule has 0 radical (unpaired) electrons. The van der Waals surface area contributed by atoms with Gasteiger partial charge in [0.25, 0.3) is 0 Å². The first kappa shape index (κ1) is 13.0. The molecule has 106 valence electrons. The highest BCUT2D eigenvalue weighted by Crippen LogP contribution is 2.26. The van der Waals surface area contributed by atoms with E-state index in [4.69, 9.17) is 16.6 Å². The highest BCUT2D eigenvalue weighted by atomic mass is 35.5. The number of benzene rings is 2. The summed E-state index contributed by atoms with van der Waals surface area (Å²) >= 11 is 5.95. The molecule has 0 amide bonds. The molecule has 4 rings (SSSR count). The first-order valence-electron chi connectivity index (χ1n) is 6.97. The Morgan fingerprint density at radius 2 is 1.59 bits per heavy atom. The molecule has 0 atom stereocenters. The van der Waals surface area contributed by atoms with Crippen LogP contribution in [0.4, 0.5) is 0 Å². The molecule has 0 aliphatic rings. The fourth-order valence-electron chi connectivity index (χ4n) is 2.47. The van der Waals surface area contributed by atoms with Crippen LogP contribution in [-0.4, -0.2) is 14.6 Å². The summed E-state index contributed by atoms with van der Waals surface area (Å²) in [4.78, 5) is 4.77. The van der Waals surface area contributed by atoms with E-state index in [0.29, 0.717) is 0 Å². The maximum atomic E-state index is 5.95. The molecular formula is C18H12ClN3. The number of hydrogen-bond acceptors (Lipinski definition) is 2. The summed E-state index contributed by atoms with van der Waals surface area (Å²) in [6.07, 6.45) is 3.78. The van der Waals surface area contributed by atoms with Crippen molar-refractivity contribution in [2.45, 2.75) is 0 Å². The van der Waals surface area contributed by atoms with Crippen LogP contribution in [-0.2, 0) is 0 Å². The second-order valence-corrected chi connectivity index (χ2v) is 5.45. The van der Waals surface area contributed by atoms with E-state index >= 15 is 0 Å². The SMILES string of the molecule is Clc1ccc(-c2ccn3ncc(-c4ccccc4)c3n2)cc1. The summed E-state index contributed by atoms with van der Waals surface area (Å²) in [5.41, 5.74) is 4.92. The van der Waals surface area contributed by atoms with Gasteiger partial charge in [-0.3, -0.25) is 0 Å². The lowest BCUT2D eigenvalue weighted by molar-refractivity contribution is 0.941. The predicted molar refractivity (Wildman–Crippen MR) is 88.9 cm³/mol. The zero-order chi connectivity index (χ0) is 14.9. The molecule has 4 aromatic rings. The zero-order valence-corrected chi connectivity index (χ0v) is 12.4. The molecular weight excluding hydrogens is 294 g/mol. The maximum absolute atomic E-state index is 5.95. The monoisotopic (exact) mass is 305 g/mol. The van der Waals surface area contributed by atoms with Crippen LogP contribution in [0.5, 0.6) is 0 Å². The van der Waals surface area contributed by atoms with Crippen LogP contribution < -0.4 is 0 Å². The second kappa shape index (κ2) is 5.28. The van der Waals surface area contributed by atoms with Gasteiger partial charge in [0.1, 0.15) is 0 Å². The average Bonchev–Trinajstić information content (AvgIpc) is 2.99. The molecule has 2 aromatic heterocycles. The van der Waals surface area contributed by atoms with E-state index in [1.807, 2.05) is 60.9 Å². The van der Waals surface area contributed by atoms with Gasteiger partial charge in [-0.05, 0) is 23.8 Å². The Bertz CT molecular complexity index is 928. The predicted octanol–water partition coefficient (Wildman–Crippen LogP) is 4.72. The smallest absolute Gasteiger partial charge is 0.163 e. The van der Waals surface area contributed by atoms with Crippen LogP contribution in [0.25, 0.3) is 28.0 Å². The van der Waals surface area contributed by atoms with Gasteiger partial charge in [-0.25, -0.2) is 9.50 Å². The Morgan fingerprint density at radius 3 is 2.36 bits per heavy atom. The van der Waals surface area contributed by atoms with Crippen LogP contribution in [0.1, 0.15) is 0 Å². The summed E-state index contributed by atoms with van der Waals surface area (Å²) in [5.74, 6) is 0. The molecule has 0 aliphatic carbocycles. The van der Waals surface area contributed by atoms with Crippen LogP contribution in [0.15, 0.2) is 73.1 Å². The number of fused-ring (bicyclic) bond motifs is 1. The van der Waals surface area contributed by atoms with Crippen molar-refractivity contribution in [1.29, 1.82) is 0 Å². The summed E-state index contributed by atoms with van der Waals surface area (Å²) < 4.78 is 1.79. The van der Waals surface area contributed by atoms with E-state index in [1.165, 1.54) is 0 Å². The lowest BCUT2D eigenvalue weighted by Crippen LogP contribution is -1.92. The molecule has 0 saturated heterocycles. The Morgan fingerprint density at radius 1 is 0.818 bits per heavy atom. The van der Waals surface area contributed by atoms with Gasteiger partial charge in [-0.1, -0.05) is 54.1 Å². The van der Waals surface area contributed by atoms with E-state index in [1.54, 1.807) is 4.52 Å². The molecule has 0 saturated carbocycles. The van der Waals surface area contributed by atoms with Crippen LogP contribution in [0.3, 0.4) is 0 Å². The molecule has 0 spiro atoms. The van der Waals surface area contributed by atoms with E-state index in [0.717, 1.165) is 33.1 Å². The number of aromatic nitrogens is 3. The summed E-state index contributed by atoms with van der Waals surface area (Å²) in [6.45, 7) is 0. The quantitative estimate of drug-likeness (QED) is 0.536. The molecule has 2 heterocycles. The summed E-state index contributed by atoms with van der Waals surface area (Å²) in [7, 11) is 0. The van der Waals surface area contributed by atoms with Gasteiger partial charge in [0.05, 0.1) is 11.9 Å². The van der Waals surface area contributed by atoms with Crippen molar-refractivity contribution in [2.75, 3.05) is 0 Å². The number of nitrogens with zero attached hydrogens (tertiary/aromatic N) is 3. The van der Waals surface area contributed by atoms with E-state index in [2.05, 4.69) is 17.2 Å². The average molecular weight is 306 g/mol. The number of halogens is 1. The molecule has 3 nitrogen and oxygen atoms in total. The molecule has 4 heteroatoms. The fraction of sp³-hybridized carbons (Fsp3) is 0. The third kappa shape index (κ3) is 2.26. The van der Waals surface area contributed by atoms with Crippen molar-refractivity contribution in [3.63, 3.8) is 0 Å². The van der Waals surface area contributed by atoms with E-state index in [-0.39, 0.29) is 0 Å². The van der Waals surface area contributed by atoms with Gasteiger partial charge in [0.15, 0.2) is 5.65 Å². The number of rotatable bonds is 2. The Kier molecular flexibility index (Phi) is 3.13. The molecule has 0 bridgehead atoms. The molecule has 0 unspecified atom stereocenters. The van der Waals surface area contributed by atoms with Crippen LogP contribution in [0, 0.1) is 0 Å². The van der Waals surface area contributed by atoms with Crippen molar-refractivity contribution in [2.24, 2.45) is 0 Å².